The third-order valence-corrected chi connectivity index (χ3v) is 4.69. The van der Waals surface area contributed by atoms with E-state index in [9.17, 15) is 5.11 Å². The second kappa shape index (κ2) is 5.84. The van der Waals surface area contributed by atoms with Gasteiger partial charge in [-0.05, 0) is 42.2 Å². The summed E-state index contributed by atoms with van der Waals surface area (Å²) in [6.07, 6.45) is 7.01. The Kier molecular flexibility index (Phi) is 3.91. The van der Waals surface area contributed by atoms with Gasteiger partial charge >= 0.3 is 0 Å². The van der Waals surface area contributed by atoms with Gasteiger partial charge in [0.15, 0.2) is 0 Å². The Bertz CT molecular complexity index is 539. The number of nitrogens with zero attached hydrogens (tertiary/aromatic N) is 2. The molecular formula is C18H24N2O. The van der Waals surface area contributed by atoms with Crippen LogP contribution in [0.5, 0.6) is 5.75 Å². The summed E-state index contributed by atoms with van der Waals surface area (Å²) in [5.41, 5.74) is 2.58. The minimum Gasteiger partial charge on any atom is -0.508 e. The van der Waals surface area contributed by atoms with Gasteiger partial charge in [-0.3, -0.25) is 0 Å². The van der Waals surface area contributed by atoms with E-state index >= 15 is 0 Å². The van der Waals surface area contributed by atoms with Crippen LogP contribution in [0.3, 0.4) is 0 Å². The molecule has 1 aromatic rings. The number of allylic oxidation sites excluding steroid dienone is 3. The van der Waals surface area contributed by atoms with Crippen LogP contribution in [-0.2, 0) is 0 Å². The fourth-order valence-corrected chi connectivity index (χ4v) is 3.00. The smallest absolute Gasteiger partial charge is 0.115 e. The van der Waals surface area contributed by atoms with E-state index < -0.39 is 0 Å². The zero-order valence-electron chi connectivity index (χ0n) is 12.9. The molecule has 1 aromatic carbocycles. The molecule has 1 unspecified atom stereocenters. The predicted octanol–water partition coefficient (Wildman–Crippen LogP) is 3.24. The summed E-state index contributed by atoms with van der Waals surface area (Å²) in [5.74, 6) is 1.60. The summed E-state index contributed by atoms with van der Waals surface area (Å²) in [6.45, 7) is 8.73. The highest BCUT2D eigenvalue weighted by atomic mass is 16.3. The summed E-state index contributed by atoms with van der Waals surface area (Å²) in [6, 6.07) is 7.51. The van der Waals surface area contributed by atoms with Gasteiger partial charge < -0.3 is 14.9 Å². The zero-order valence-corrected chi connectivity index (χ0v) is 12.9. The number of phenols is 1. The van der Waals surface area contributed by atoms with Gasteiger partial charge in [-0.1, -0.05) is 26.0 Å². The molecule has 2 aliphatic rings. The first kappa shape index (κ1) is 14.1. The van der Waals surface area contributed by atoms with Crippen molar-refractivity contribution in [3.05, 3.63) is 48.2 Å². The number of phenolic OH excluding ortho intramolecular Hbond substituents is 1. The largest absolute Gasteiger partial charge is 0.508 e. The molecule has 1 saturated heterocycles. The molecule has 0 bridgehead atoms. The van der Waals surface area contributed by atoms with Crippen molar-refractivity contribution < 1.29 is 5.11 Å². The first-order valence-electron chi connectivity index (χ1n) is 7.82. The predicted molar refractivity (Wildman–Crippen MR) is 87.4 cm³/mol. The Morgan fingerprint density at radius 1 is 0.905 bits per heavy atom. The summed E-state index contributed by atoms with van der Waals surface area (Å²) >= 11 is 0. The monoisotopic (exact) mass is 284 g/mol. The summed E-state index contributed by atoms with van der Waals surface area (Å²) in [4.78, 5) is 4.87. The highest BCUT2D eigenvalue weighted by Gasteiger charge is 2.21. The lowest BCUT2D eigenvalue weighted by Gasteiger charge is -2.39. The molecule has 0 amide bonds. The Labute approximate surface area is 127 Å². The fraction of sp³-hybridized carbons (Fsp3) is 0.444. The maximum absolute atomic E-state index is 9.37. The highest BCUT2D eigenvalue weighted by molar-refractivity contribution is 5.49. The number of rotatable bonds is 2. The molecule has 2 atom stereocenters. The van der Waals surface area contributed by atoms with E-state index in [1.54, 1.807) is 12.1 Å². The van der Waals surface area contributed by atoms with E-state index in [4.69, 9.17) is 0 Å². The third kappa shape index (κ3) is 3.07. The molecule has 1 heterocycles. The Hall–Kier alpha value is -1.90. The molecule has 3 rings (SSSR count). The number of piperazine rings is 1. The lowest BCUT2D eigenvalue weighted by molar-refractivity contribution is 0.323. The van der Waals surface area contributed by atoms with Crippen molar-refractivity contribution in [2.45, 2.75) is 13.8 Å². The van der Waals surface area contributed by atoms with Crippen LogP contribution in [0.4, 0.5) is 5.69 Å². The van der Waals surface area contributed by atoms with E-state index in [0.717, 1.165) is 26.2 Å². The quantitative estimate of drug-likeness (QED) is 0.903. The highest BCUT2D eigenvalue weighted by Crippen LogP contribution is 2.26. The molecule has 1 N–H and O–H groups in total. The maximum atomic E-state index is 9.37. The normalized spacial score (nSPS) is 25.9. The van der Waals surface area contributed by atoms with Gasteiger partial charge in [0.25, 0.3) is 0 Å². The molecule has 0 aromatic heterocycles. The molecule has 3 nitrogen and oxygen atoms in total. The van der Waals surface area contributed by atoms with E-state index in [2.05, 4.69) is 41.9 Å². The Morgan fingerprint density at radius 3 is 2.14 bits per heavy atom. The second-order valence-electron chi connectivity index (χ2n) is 6.16. The molecule has 1 fully saturated rings. The van der Waals surface area contributed by atoms with Crippen LogP contribution in [0, 0.1) is 11.8 Å². The molecule has 21 heavy (non-hydrogen) atoms. The zero-order chi connectivity index (χ0) is 14.8. The van der Waals surface area contributed by atoms with Gasteiger partial charge in [-0.2, -0.15) is 0 Å². The minimum absolute atomic E-state index is 0.331. The van der Waals surface area contributed by atoms with Crippen molar-refractivity contribution in [1.29, 1.82) is 0 Å². The van der Waals surface area contributed by atoms with E-state index in [-0.39, 0.29) is 0 Å². The van der Waals surface area contributed by atoms with Gasteiger partial charge in [-0.15, -0.1) is 0 Å². The number of hydrogen-bond acceptors (Lipinski definition) is 3. The first-order chi connectivity index (χ1) is 10.1. The van der Waals surface area contributed by atoms with Crippen LogP contribution in [0.1, 0.15) is 13.8 Å². The number of aromatic hydroxyl groups is 1. The van der Waals surface area contributed by atoms with Crippen LogP contribution < -0.4 is 4.90 Å². The van der Waals surface area contributed by atoms with Crippen molar-refractivity contribution in [3.63, 3.8) is 0 Å². The van der Waals surface area contributed by atoms with Gasteiger partial charge in [0.05, 0.1) is 0 Å². The Balaban J connectivity index is 1.62. The Morgan fingerprint density at radius 2 is 1.52 bits per heavy atom. The van der Waals surface area contributed by atoms with Crippen molar-refractivity contribution >= 4 is 5.69 Å². The standard InChI is InChI=1S/C18H24N2O/c1-14-3-4-17(13-15(14)2)20-11-9-19(10-12-20)16-5-7-18(21)8-6-16/h3-8,13-15,21H,9-12H2,1-2H3/t14-,15?/m0/s1. The molecule has 3 heteroatoms. The molecular weight excluding hydrogens is 260 g/mol. The van der Waals surface area contributed by atoms with Crippen LogP contribution >= 0.6 is 0 Å². The van der Waals surface area contributed by atoms with Crippen molar-refractivity contribution in [1.82, 2.24) is 4.90 Å². The molecule has 0 radical (unpaired) electrons. The van der Waals surface area contributed by atoms with Crippen LogP contribution in [-0.4, -0.2) is 36.2 Å². The van der Waals surface area contributed by atoms with Crippen molar-refractivity contribution in [2.75, 3.05) is 31.1 Å². The number of hydrogen-bond donors (Lipinski definition) is 1. The van der Waals surface area contributed by atoms with E-state index in [1.807, 2.05) is 12.1 Å². The van der Waals surface area contributed by atoms with Crippen molar-refractivity contribution in [2.24, 2.45) is 11.8 Å². The second-order valence-corrected chi connectivity index (χ2v) is 6.16. The SMILES string of the molecule is CC1C=C(N2CCN(c3ccc(O)cc3)CC2)C=C[C@@H]1C. The van der Waals surface area contributed by atoms with E-state index in [1.165, 1.54) is 11.4 Å². The summed E-state index contributed by atoms with van der Waals surface area (Å²) in [5, 5.41) is 9.37. The molecule has 1 aliphatic carbocycles. The van der Waals surface area contributed by atoms with E-state index in [0.29, 0.717) is 17.6 Å². The lowest BCUT2D eigenvalue weighted by Crippen LogP contribution is -2.46. The van der Waals surface area contributed by atoms with Crippen LogP contribution in [0.2, 0.25) is 0 Å². The summed E-state index contributed by atoms with van der Waals surface area (Å²) < 4.78 is 0. The van der Waals surface area contributed by atoms with Crippen molar-refractivity contribution in [3.8, 4) is 5.75 Å². The molecule has 0 saturated carbocycles. The van der Waals surface area contributed by atoms with Gasteiger partial charge in [0.1, 0.15) is 5.75 Å². The summed E-state index contributed by atoms with van der Waals surface area (Å²) in [7, 11) is 0. The number of benzene rings is 1. The average Bonchev–Trinajstić information content (AvgIpc) is 2.51. The number of anilines is 1. The minimum atomic E-state index is 0.331. The van der Waals surface area contributed by atoms with Gasteiger partial charge in [-0.25, -0.2) is 0 Å². The molecule has 112 valence electrons. The van der Waals surface area contributed by atoms with Crippen LogP contribution in [0.25, 0.3) is 0 Å². The average molecular weight is 284 g/mol. The molecule has 0 spiro atoms. The fourth-order valence-electron chi connectivity index (χ4n) is 3.00. The van der Waals surface area contributed by atoms with Gasteiger partial charge in [0.2, 0.25) is 0 Å². The first-order valence-corrected chi connectivity index (χ1v) is 7.82. The van der Waals surface area contributed by atoms with Gasteiger partial charge in [0, 0.05) is 37.6 Å². The van der Waals surface area contributed by atoms with Crippen LogP contribution in [0.15, 0.2) is 48.2 Å². The third-order valence-electron chi connectivity index (χ3n) is 4.69. The topological polar surface area (TPSA) is 26.7 Å². The lowest BCUT2D eigenvalue weighted by atomic mass is 9.90. The molecule has 1 aliphatic heterocycles. The maximum Gasteiger partial charge on any atom is 0.115 e.